The minimum Gasteiger partial charge on any atom is -0.293 e. The third-order valence-corrected chi connectivity index (χ3v) is 3.29. The van der Waals surface area contributed by atoms with E-state index in [2.05, 4.69) is 6.92 Å². The van der Waals surface area contributed by atoms with Crippen molar-refractivity contribution in [2.45, 2.75) is 26.7 Å². The number of carbonyl (C=O) groups is 1. The van der Waals surface area contributed by atoms with Gasteiger partial charge in [-0.1, -0.05) is 43.2 Å². The van der Waals surface area contributed by atoms with Crippen molar-refractivity contribution in [2.24, 2.45) is 0 Å². The fourth-order valence-corrected chi connectivity index (χ4v) is 2.22. The normalized spacial score (nSPS) is 10.3. The highest BCUT2D eigenvalue weighted by Gasteiger charge is 2.04. The van der Waals surface area contributed by atoms with E-state index in [0.717, 1.165) is 11.3 Å². The van der Waals surface area contributed by atoms with Crippen LogP contribution in [0, 0.1) is 6.92 Å². The van der Waals surface area contributed by atoms with E-state index in [4.69, 9.17) is 0 Å². The van der Waals surface area contributed by atoms with Gasteiger partial charge < -0.3 is 0 Å². The molecule has 0 fully saturated rings. The molecule has 0 aliphatic carbocycles. The SMILES string of the molecule is CCCCSCC(=O)c1ccc(C)cc1. The van der Waals surface area contributed by atoms with Gasteiger partial charge in [0.05, 0.1) is 5.75 Å². The van der Waals surface area contributed by atoms with Crippen molar-refractivity contribution < 1.29 is 4.79 Å². The van der Waals surface area contributed by atoms with Gasteiger partial charge in [-0.2, -0.15) is 11.8 Å². The minimum absolute atomic E-state index is 0.246. The van der Waals surface area contributed by atoms with E-state index in [1.807, 2.05) is 31.2 Å². The van der Waals surface area contributed by atoms with E-state index in [1.54, 1.807) is 11.8 Å². The number of Topliss-reactive ketones (excluding diaryl/α,β-unsaturated/α-hetero) is 1. The molecule has 0 heterocycles. The monoisotopic (exact) mass is 222 g/mol. The molecule has 0 radical (unpaired) electrons. The Morgan fingerprint density at radius 2 is 1.93 bits per heavy atom. The maximum atomic E-state index is 11.7. The molecule has 0 aromatic heterocycles. The molecule has 0 saturated carbocycles. The topological polar surface area (TPSA) is 17.1 Å². The molecule has 0 atom stereocenters. The van der Waals surface area contributed by atoms with Crippen molar-refractivity contribution in [3.8, 4) is 0 Å². The molecule has 1 nitrogen and oxygen atoms in total. The highest BCUT2D eigenvalue weighted by molar-refractivity contribution is 7.99. The molecule has 1 aromatic rings. The molecule has 0 unspecified atom stereocenters. The molecule has 82 valence electrons. The number of aryl methyl sites for hydroxylation is 1. The predicted molar refractivity (Wildman–Crippen MR) is 67.7 cm³/mol. The summed E-state index contributed by atoms with van der Waals surface area (Å²) in [4.78, 5) is 11.7. The zero-order chi connectivity index (χ0) is 11.1. The molecule has 0 saturated heterocycles. The summed E-state index contributed by atoms with van der Waals surface area (Å²) in [5.74, 6) is 1.95. The lowest BCUT2D eigenvalue weighted by Crippen LogP contribution is -2.02. The summed E-state index contributed by atoms with van der Waals surface area (Å²) >= 11 is 1.74. The molecule has 0 spiro atoms. The van der Waals surface area contributed by atoms with Gasteiger partial charge in [0, 0.05) is 5.56 Å². The van der Waals surface area contributed by atoms with E-state index < -0.39 is 0 Å². The van der Waals surface area contributed by atoms with Crippen LogP contribution in [0.3, 0.4) is 0 Å². The van der Waals surface area contributed by atoms with Crippen LogP contribution in [0.1, 0.15) is 35.7 Å². The highest BCUT2D eigenvalue weighted by atomic mass is 32.2. The summed E-state index contributed by atoms with van der Waals surface area (Å²) in [6, 6.07) is 7.81. The summed E-state index contributed by atoms with van der Waals surface area (Å²) in [7, 11) is 0. The van der Waals surface area contributed by atoms with Crippen LogP contribution in [0.2, 0.25) is 0 Å². The van der Waals surface area contributed by atoms with E-state index in [-0.39, 0.29) is 5.78 Å². The molecule has 0 N–H and O–H groups in total. The number of ketones is 1. The maximum absolute atomic E-state index is 11.7. The van der Waals surface area contributed by atoms with Gasteiger partial charge in [-0.3, -0.25) is 4.79 Å². The summed E-state index contributed by atoms with van der Waals surface area (Å²) < 4.78 is 0. The Labute approximate surface area is 96.3 Å². The lowest BCUT2D eigenvalue weighted by atomic mass is 10.1. The third kappa shape index (κ3) is 4.52. The van der Waals surface area contributed by atoms with Gasteiger partial charge in [-0.25, -0.2) is 0 Å². The second-order valence-electron chi connectivity index (χ2n) is 3.70. The van der Waals surface area contributed by atoms with Crippen molar-refractivity contribution in [1.82, 2.24) is 0 Å². The van der Waals surface area contributed by atoms with Gasteiger partial charge in [-0.05, 0) is 19.1 Å². The summed E-state index contributed by atoms with van der Waals surface area (Å²) in [5, 5.41) is 0. The fourth-order valence-electron chi connectivity index (χ4n) is 1.23. The Hall–Kier alpha value is -0.760. The van der Waals surface area contributed by atoms with Crippen LogP contribution in [-0.2, 0) is 0 Å². The molecule has 0 aliphatic rings. The molecular weight excluding hydrogens is 204 g/mol. The number of thioether (sulfide) groups is 1. The van der Waals surface area contributed by atoms with Crippen molar-refractivity contribution in [3.05, 3.63) is 35.4 Å². The Bertz CT molecular complexity index is 303. The first-order valence-electron chi connectivity index (χ1n) is 5.41. The minimum atomic E-state index is 0.246. The largest absolute Gasteiger partial charge is 0.293 e. The van der Waals surface area contributed by atoms with Crippen molar-refractivity contribution in [3.63, 3.8) is 0 Å². The van der Waals surface area contributed by atoms with Crippen LogP contribution in [-0.4, -0.2) is 17.3 Å². The summed E-state index contributed by atoms with van der Waals surface area (Å²) in [6.07, 6.45) is 2.40. The molecule has 0 amide bonds. The Kier molecular flexibility index (Phi) is 5.48. The number of hydrogen-bond acceptors (Lipinski definition) is 2. The van der Waals surface area contributed by atoms with Crippen molar-refractivity contribution in [2.75, 3.05) is 11.5 Å². The zero-order valence-electron chi connectivity index (χ0n) is 9.45. The quantitative estimate of drug-likeness (QED) is 0.539. The lowest BCUT2D eigenvalue weighted by molar-refractivity contribution is 0.102. The Morgan fingerprint density at radius 3 is 2.53 bits per heavy atom. The Morgan fingerprint density at radius 1 is 1.27 bits per heavy atom. The highest BCUT2D eigenvalue weighted by Crippen LogP contribution is 2.10. The van der Waals surface area contributed by atoms with Crippen LogP contribution in [0.15, 0.2) is 24.3 Å². The van der Waals surface area contributed by atoms with E-state index >= 15 is 0 Å². The summed E-state index contributed by atoms with van der Waals surface area (Å²) in [6.45, 7) is 4.20. The average molecular weight is 222 g/mol. The molecule has 2 heteroatoms. The predicted octanol–water partition coefficient (Wildman–Crippen LogP) is 3.71. The molecule has 15 heavy (non-hydrogen) atoms. The number of carbonyl (C=O) groups excluding carboxylic acids is 1. The van der Waals surface area contributed by atoms with Crippen molar-refractivity contribution >= 4 is 17.5 Å². The van der Waals surface area contributed by atoms with Gasteiger partial charge in [0.15, 0.2) is 5.78 Å². The van der Waals surface area contributed by atoms with Gasteiger partial charge in [0.2, 0.25) is 0 Å². The molecule has 0 aliphatic heterocycles. The zero-order valence-corrected chi connectivity index (χ0v) is 10.3. The van der Waals surface area contributed by atoms with E-state index in [1.165, 1.54) is 18.4 Å². The smallest absolute Gasteiger partial charge is 0.172 e. The molecule has 1 rings (SSSR count). The first-order valence-corrected chi connectivity index (χ1v) is 6.57. The first-order chi connectivity index (χ1) is 7.24. The Balaban J connectivity index is 2.37. The second kappa shape index (κ2) is 6.67. The van der Waals surface area contributed by atoms with Crippen molar-refractivity contribution in [1.29, 1.82) is 0 Å². The number of hydrogen-bond donors (Lipinski definition) is 0. The molecule has 1 aromatic carbocycles. The van der Waals surface area contributed by atoms with Crippen LogP contribution >= 0.6 is 11.8 Å². The second-order valence-corrected chi connectivity index (χ2v) is 4.80. The van der Waals surface area contributed by atoms with Crippen LogP contribution < -0.4 is 0 Å². The van der Waals surface area contributed by atoms with Crippen LogP contribution in [0.5, 0.6) is 0 Å². The average Bonchev–Trinajstić information content (AvgIpc) is 2.25. The number of unbranched alkanes of at least 4 members (excludes halogenated alkanes) is 1. The van der Waals surface area contributed by atoms with Gasteiger partial charge in [0.1, 0.15) is 0 Å². The van der Waals surface area contributed by atoms with Gasteiger partial charge >= 0.3 is 0 Å². The van der Waals surface area contributed by atoms with Gasteiger partial charge in [0.25, 0.3) is 0 Å². The van der Waals surface area contributed by atoms with E-state index in [0.29, 0.717) is 5.75 Å². The molecule has 0 bridgehead atoms. The van der Waals surface area contributed by atoms with E-state index in [9.17, 15) is 4.79 Å². The van der Waals surface area contributed by atoms with Gasteiger partial charge in [-0.15, -0.1) is 0 Å². The first kappa shape index (κ1) is 12.3. The number of rotatable bonds is 6. The molecular formula is C13H18OS. The lowest BCUT2D eigenvalue weighted by Gasteiger charge is -2.01. The van der Waals surface area contributed by atoms with Crippen LogP contribution in [0.4, 0.5) is 0 Å². The number of benzene rings is 1. The van der Waals surface area contributed by atoms with Crippen LogP contribution in [0.25, 0.3) is 0 Å². The summed E-state index contributed by atoms with van der Waals surface area (Å²) in [5.41, 5.74) is 2.04. The maximum Gasteiger partial charge on any atom is 0.172 e. The fraction of sp³-hybridized carbons (Fsp3) is 0.462. The standard InChI is InChI=1S/C13H18OS/c1-3-4-9-15-10-13(14)12-7-5-11(2)6-8-12/h5-8H,3-4,9-10H2,1-2H3. The third-order valence-electron chi connectivity index (χ3n) is 2.25.